The molecule has 0 saturated carbocycles. The first-order valence-corrected chi connectivity index (χ1v) is 7.26. The van der Waals surface area contributed by atoms with E-state index in [1.54, 1.807) is 14.2 Å². The summed E-state index contributed by atoms with van der Waals surface area (Å²) in [4.78, 5) is 0. The van der Waals surface area contributed by atoms with E-state index in [9.17, 15) is 0 Å². The lowest BCUT2D eigenvalue weighted by Gasteiger charge is -2.20. The van der Waals surface area contributed by atoms with Crippen LogP contribution in [0, 0.1) is 0 Å². The minimum Gasteiger partial charge on any atom is -0.497 e. The van der Waals surface area contributed by atoms with Crippen LogP contribution >= 0.6 is 11.6 Å². The first-order chi connectivity index (χ1) is 10.2. The van der Waals surface area contributed by atoms with Crippen molar-refractivity contribution in [3.63, 3.8) is 0 Å². The highest BCUT2D eigenvalue weighted by Gasteiger charge is 2.32. The van der Waals surface area contributed by atoms with Gasteiger partial charge in [0.1, 0.15) is 17.2 Å². The van der Waals surface area contributed by atoms with Crippen LogP contribution in [0.5, 0.6) is 17.2 Å². The predicted octanol–water partition coefficient (Wildman–Crippen LogP) is 4.16. The van der Waals surface area contributed by atoms with Crippen molar-refractivity contribution in [3.8, 4) is 17.2 Å². The van der Waals surface area contributed by atoms with Crippen molar-refractivity contribution < 1.29 is 14.2 Å². The fourth-order valence-corrected chi connectivity index (χ4v) is 3.08. The van der Waals surface area contributed by atoms with Crippen LogP contribution in [0.3, 0.4) is 0 Å². The van der Waals surface area contributed by atoms with E-state index in [4.69, 9.17) is 25.8 Å². The van der Waals surface area contributed by atoms with Crippen LogP contribution in [0.25, 0.3) is 0 Å². The van der Waals surface area contributed by atoms with E-state index in [1.165, 1.54) is 0 Å². The zero-order chi connectivity index (χ0) is 14.8. The summed E-state index contributed by atoms with van der Waals surface area (Å²) < 4.78 is 16.5. The van der Waals surface area contributed by atoms with Gasteiger partial charge >= 0.3 is 0 Å². The fraction of sp³-hybridized carbons (Fsp3) is 0.294. The summed E-state index contributed by atoms with van der Waals surface area (Å²) in [6.45, 7) is 0.577. The molecule has 0 bridgehead atoms. The molecule has 0 radical (unpaired) electrons. The summed E-state index contributed by atoms with van der Waals surface area (Å²) in [6, 6.07) is 13.7. The molecular formula is C17H17ClO3. The number of hydrogen-bond donors (Lipinski definition) is 0. The van der Waals surface area contributed by atoms with Crippen LogP contribution in [0.4, 0.5) is 0 Å². The Kier molecular flexibility index (Phi) is 3.93. The summed E-state index contributed by atoms with van der Waals surface area (Å²) >= 11 is 6.74. The molecular weight excluding hydrogens is 288 g/mol. The van der Waals surface area contributed by atoms with Crippen molar-refractivity contribution >= 4 is 11.6 Å². The van der Waals surface area contributed by atoms with Gasteiger partial charge in [0.2, 0.25) is 0 Å². The maximum Gasteiger partial charge on any atom is 0.123 e. The highest BCUT2D eigenvalue weighted by Crippen LogP contribution is 2.47. The van der Waals surface area contributed by atoms with Crippen molar-refractivity contribution in [2.75, 3.05) is 20.8 Å². The monoisotopic (exact) mass is 304 g/mol. The molecule has 0 aromatic heterocycles. The molecule has 0 N–H and O–H groups in total. The smallest absolute Gasteiger partial charge is 0.123 e. The van der Waals surface area contributed by atoms with Crippen molar-refractivity contribution in [2.45, 2.75) is 11.3 Å². The van der Waals surface area contributed by atoms with Crippen molar-refractivity contribution in [3.05, 3.63) is 53.6 Å². The predicted molar refractivity (Wildman–Crippen MR) is 82.8 cm³/mol. The van der Waals surface area contributed by atoms with E-state index in [1.807, 2.05) is 36.4 Å². The maximum atomic E-state index is 6.74. The Balaban J connectivity index is 1.97. The summed E-state index contributed by atoms with van der Waals surface area (Å²) in [5.74, 6) is 2.54. The molecule has 0 aliphatic carbocycles. The Morgan fingerprint density at radius 1 is 1.14 bits per heavy atom. The van der Waals surface area contributed by atoms with Gasteiger partial charge in [0.05, 0.1) is 26.2 Å². The third-order valence-electron chi connectivity index (χ3n) is 3.82. The minimum atomic E-state index is -0.237. The van der Waals surface area contributed by atoms with Gasteiger partial charge in [0.15, 0.2) is 0 Å². The number of hydrogen-bond acceptors (Lipinski definition) is 3. The SMILES string of the molecule is COc1ccc(OC)c(C(Cl)C2COc3ccccc32)c1. The molecule has 110 valence electrons. The van der Waals surface area contributed by atoms with Gasteiger partial charge in [-0.1, -0.05) is 18.2 Å². The van der Waals surface area contributed by atoms with Crippen molar-refractivity contribution in [2.24, 2.45) is 0 Å². The van der Waals surface area contributed by atoms with Gasteiger partial charge < -0.3 is 14.2 Å². The standard InChI is InChI=1S/C17H17ClO3/c1-19-11-7-8-15(20-2)13(9-11)17(18)14-10-21-16-6-4-3-5-12(14)16/h3-9,14,17H,10H2,1-2H3. The highest BCUT2D eigenvalue weighted by atomic mass is 35.5. The number of rotatable bonds is 4. The van der Waals surface area contributed by atoms with E-state index in [0.29, 0.717) is 6.61 Å². The molecule has 21 heavy (non-hydrogen) atoms. The second-order valence-corrected chi connectivity index (χ2v) is 5.44. The third kappa shape index (κ3) is 2.54. The Hall–Kier alpha value is -1.87. The molecule has 1 heterocycles. The molecule has 2 aromatic rings. The van der Waals surface area contributed by atoms with Crippen LogP contribution in [0.1, 0.15) is 22.4 Å². The van der Waals surface area contributed by atoms with Gasteiger partial charge in [-0.05, 0) is 24.3 Å². The normalized spacial score (nSPS) is 17.8. The number of ether oxygens (including phenoxy) is 3. The fourth-order valence-electron chi connectivity index (χ4n) is 2.70. The number of halogens is 1. The van der Waals surface area contributed by atoms with E-state index in [2.05, 4.69) is 6.07 Å². The number of methoxy groups -OCH3 is 2. The van der Waals surface area contributed by atoms with E-state index >= 15 is 0 Å². The quantitative estimate of drug-likeness (QED) is 0.794. The second-order valence-electron chi connectivity index (χ2n) is 4.96. The number of para-hydroxylation sites is 1. The van der Waals surface area contributed by atoms with Gasteiger partial charge in [-0.25, -0.2) is 0 Å². The van der Waals surface area contributed by atoms with Gasteiger partial charge in [-0.15, -0.1) is 11.6 Å². The van der Waals surface area contributed by atoms with Crippen LogP contribution in [0.15, 0.2) is 42.5 Å². The molecule has 4 heteroatoms. The number of fused-ring (bicyclic) bond motifs is 1. The molecule has 2 atom stereocenters. The molecule has 0 amide bonds. The molecule has 1 aliphatic heterocycles. The largest absolute Gasteiger partial charge is 0.497 e. The Labute approximate surface area is 129 Å². The van der Waals surface area contributed by atoms with E-state index in [0.717, 1.165) is 28.4 Å². The molecule has 1 aliphatic rings. The van der Waals surface area contributed by atoms with Crippen LogP contribution in [-0.4, -0.2) is 20.8 Å². The lowest BCUT2D eigenvalue weighted by atomic mass is 9.92. The first-order valence-electron chi connectivity index (χ1n) is 6.82. The number of benzene rings is 2. The third-order valence-corrected chi connectivity index (χ3v) is 4.36. The molecule has 3 rings (SSSR count). The maximum absolute atomic E-state index is 6.74. The summed E-state index contributed by atoms with van der Waals surface area (Å²) in [6.07, 6.45) is 0. The number of alkyl halides is 1. The molecule has 2 aromatic carbocycles. The topological polar surface area (TPSA) is 27.7 Å². The average Bonchev–Trinajstić information content (AvgIpc) is 2.97. The zero-order valence-corrected chi connectivity index (χ0v) is 12.8. The minimum absolute atomic E-state index is 0.101. The molecule has 0 saturated heterocycles. The van der Waals surface area contributed by atoms with Crippen LogP contribution < -0.4 is 14.2 Å². The molecule has 0 fully saturated rings. The lowest BCUT2D eigenvalue weighted by molar-refractivity contribution is 0.325. The van der Waals surface area contributed by atoms with Gasteiger partial charge in [-0.3, -0.25) is 0 Å². The van der Waals surface area contributed by atoms with Crippen molar-refractivity contribution in [1.29, 1.82) is 0 Å². The van der Waals surface area contributed by atoms with Gasteiger partial charge in [-0.2, -0.15) is 0 Å². The average molecular weight is 305 g/mol. The molecule has 3 nitrogen and oxygen atoms in total. The Morgan fingerprint density at radius 2 is 1.95 bits per heavy atom. The highest BCUT2D eigenvalue weighted by molar-refractivity contribution is 6.21. The zero-order valence-electron chi connectivity index (χ0n) is 12.0. The molecule has 2 unspecified atom stereocenters. The lowest BCUT2D eigenvalue weighted by Crippen LogP contribution is -2.09. The Bertz CT molecular complexity index is 642. The van der Waals surface area contributed by atoms with Gasteiger partial charge in [0.25, 0.3) is 0 Å². The van der Waals surface area contributed by atoms with Crippen LogP contribution in [0.2, 0.25) is 0 Å². The molecule has 0 spiro atoms. The summed E-state index contributed by atoms with van der Waals surface area (Å²) in [7, 11) is 3.29. The second kappa shape index (κ2) is 5.86. The van der Waals surface area contributed by atoms with Crippen LogP contribution in [-0.2, 0) is 0 Å². The van der Waals surface area contributed by atoms with Crippen molar-refractivity contribution in [1.82, 2.24) is 0 Å². The summed E-state index contributed by atoms with van der Waals surface area (Å²) in [5.41, 5.74) is 2.06. The summed E-state index contributed by atoms with van der Waals surface area (Å²) in [5, 5.41) is -0.237. The van der Waals surface area contributed by atoms with E-state index in [-0.39, 0.29) is 11.3 Å². The van der Waals surface area contributed by atoms with E-state index < -0.39 is 0 Å². The first kappa shape index (κ1) is 14.1. The Morgan fingerprint density at radius 3 is 2.71 bits per heavy atom. The van der Waals surface area contributed by atoms with Gasteiger partial charge in [0, 0.05) is 17.0 Å².